The highest BCUT2D eigenvalue weighted by Crippen LogP contribution is 2.13. The third kappa shape index (κ3) is 3.96. The molecule has 1 aromatic rings. The maximum atomic E-state index is 13.0. The second-order valence-electron chi connectivity index (χ2n) is 3.70. The topological polar surface area (TPSA) is 102 Å². The predicted molar refractivity (Wildman–Crippen MR) is 65.0 cm³/mol. The van der Waals surface area contributed by atoms with Gasteiger partial charge in [-0.1, -0.05) is 6.92 Å². The summed E-state index contributed by atoms with van der Waals surface area (Å²) in [5.74, 6) is -1.83. The molecule has 0 unspecified atom stereocenters. The van der Waals surface area contributed by atoms with Crippen molar-refractivity contribution in [3.8, 4) is 6.07 Å². The van der Waals surface area contributed by atoms with Gasteiger partial charge < -0.3 is 15.7 Å². The van der Waals surface area contributed by atoms with Gasteiger partial charge in [0.25, 0.3) is 0 Å². The van der Waals surface area contributed by atoms with Crippen LogP contribution in [0.15, 0.2) is 18.2 Å². The summed E-state index contributed by atoms with van der Waals surface area (Å²) in [6.45, 7) is 1.62. The van der Waals surface area contributed by atoms with E-state index in [0.717, 1.165) is 12.1 Å². The van der Waals surface area contributed by atoms with Crippen LogP contribution in [0.5, 0.6) is 0 Å². The highest BCUT2D eigenvalue weighted by atomic mass is 19.1. The number of nitrogens with zero attached hydrogens (tertiary/aromatic N) is 1. The molecule has 3 N–H and O–H groups in total. The number of hydrogen-bond donors (Lipinski definition) is 3. The standard InChI is InChI=1S/C12H12FN3O3/c1-2-10(11(17)18)16-12(19)15-8-3-4-9(13)7(5-8)6-14/h3-5,10H,2H2,1H3,(H,17,18)(H2,15,16,19)/t10-/m0/s1. The van der Waals surface area contributed by atoms with Gasteiger partial charge in [0.1, 0.15) is 17.9 Å². The molecule has 0 saturated carbocycles. The minimum absolute atomic E-state index is 0.204. The van der Waals surface area contributed by atoms with Crippen molar-refractivity contribution in [1.82, 2.24) is 5.32 Å². The average Bonchev–Trinajstić information content (AvgIpc) is 2.37. The third-order valence-corrected chi connectivity index (χ3v) is 2.36. The van der Waals surface area contributed by atoms with Crippen molar-refractivity contribution in [3.05, 3.63) is 29.6 Å². The minimum Gasteiger partial charge on any atom is -0.480 e. The Morgan fingerprint density at radius 3 is 2.74 bits per heavy atom. The first-order valence-corrected chi connectivity index (χ1v) is 5.48. The van der Waals surface area contributed by atoms with Gasteiger partial charge in [0.2, 0.25) is 0 Å². The molecular weight excluding hydrogens is 253 g/mol. The molecule has 0 aliphatic carbocycles. The summed E-state index contributed by atoms with van der Waals surface area (Å²) in [5.41, 5.74) is -0.00114. The number of nitriles is 1. The summed E-state index contributed by atoms with van der Waals surface area (Å²) in [6, 6.07) is 3.39. The number of aliphatic carboxylic acids is 1. The molecule has 0 spiro atoms. The molecule has 0 aliphatic heterocycles. The lowest BCUT2D eigenvalue weighted by Gasteiger charge is -2.13. The first-order chi connectivity index (χ1) is 8.97. The molecule has 0 aliphatic rings. The molecular formula is C12H12FN3O3. The number of carboxylic acid groups (broad SMARTS) is 1. The van der Waals surface area contributed by atoms with E-state index in [0.29, 0.717) is 0 Å². The highest BCUT2D eigenvalue weighted by molar-refractivity contribution is 5.92. The van der Waals surface area contributed by atoms with Gasteiger partial charge in [-0.2, -0.15) is 5.26 Å². The van der Waals surface area contributed by atoms with Crippen LogP contribution in [0, 0.1) is 17.1 Å². The van der Waals surface area contributed by atoms with Crippen molar-refractivity contribution in [3.63, 3.8) is 0 Å². The quantitative estimate of drug-likeness (QED) is 0.770. The number of carbonyl (C=O) groups excluding carboxylic acids is 1. The Hall–Kier alpha value is -2.62. The minimum atomic E-state index is -1.14. The number of rotatable bonds is 4. The molecule has 0 heterocycles. The van der Waals surface area contributed by atoms with Crippen LogP contribution in [-0.4, -0.2) is 23.1 Å². The Labute approximate surface area is 108 Å². The zero-order chi connectivity index (χ0) is 14.4. The number of amides is 2. The Kier molecular flexibility index (Phi) is 4.83. The summed E-state index contributed by atoms with van der Waals surface area (Å²) in [6.07, 6.45) is 0.232. The van der Waals surface area contributed by atoms with Crippen LogP contribution in [0.2, 0.25) is 0 Å². The third-order valence-electron chi connectivity index (χ3n) is 2.36. The zero-order valence-corrected chi connectivity index (χ0v) is 10.1. The first-order valence-electron chi connectivity index (χ1n) is 5.48. The second-order valence-corrected chi connectivity index (χ2v) is 3.70. The summed E-state index contributed by atoms with van der Waals surface area (Å²) >= 11 is 0. The smallest absolute Gasteiger partial charge is 0.326 e. The molecule has 2 amide bonds. The van der Waals surface area contributed by atoms with Crippen LogP contribution < -0.4 is 10.6 Å². The van der Waals surface area contributed by atoms with Crippen LogP contribution in [0.3, 0.4) is 0 Å². The second kappa shape index (κ2) is 6.35. The molecule has 0 radical (unpaired) electrons. The summed E-state index contributed by atoms with van der Waals surface area (Å²) in [5, 5.41) is 22.0. The van der Waals surface area contributed by atoms with Gasteiger partial charge >= 0.3 is 12.0 Å². The van der Waals surface area contributed by atoms with E-state index >= 15 is 0 Å². The van der Waals surface area contributed by atoms with Crippen LogP contribution in [0.25, 0.3) is 0 Å². The van der Waals surface area contributed by atoms with Crippen LogP contribution in [0.4, 0.5) is 14.9 Å². The van der Waals surface area contributed by atoms with Crippen LogP contribution >= 0.6 is 0 Å². The Morgan fingerprint density at radius 1 is 1.53 bits per heavy atom. The van der Waals surface area contributed by atoms with Gasteiger partial charge in [0.15, 0.2) is 0 Å². The van der Waals surface area contributed by atoms with Gasteiger partial charge in [0, 0.05) is 5.69 Å². The van der Waals surface area contributed by atoms with Crippen molar-refractivity contribution in [2.45, 2.75) is 19.4 Å². The fourth-order valence-corrected chi connectivity index (χ4v) is 1.35. The SMILES string of the molecule is CC[C@H](NC(=O)Nc1ccc(F)c(C#N)c1)C(=O)O. The highest BCUT2D eigenvalue weighted by Gasteiger charge is 2.17. The monoisotopic (exact) mass is 265 g/mol. The summed E-state index contributed by atoms with van der Waals surface area (Å²) < 4.78 is 13.0. The number of hydrogen-bond acceptors (Lipinski definition) is 3. The maximum Gasteiger partial charge on any atom is 0.326 e. The fraction of sp³-hybridized carbons (Fsp3) is 0.250. The van der Waals surface area contributed by atoms with Gasteiger partial charge in [0.05, 0.1) is 5.56 Å². The van der Waals surface area contributed by atoms with Crippen molar-refractivity contribution >= 4 is 17.7 Å². The van der Waals surface area contributed by atoms with Gasteiger partial charge in [-0.05, 0) is 24.6 Å². The molecule has 1 aromatic carbocycles. The lowest BCUT2D eigenvalue weighted by molar-refractivity contribution is -0.139. The number of halogens is 1. The lowest BCUT2D eigenvalue weighted by Crippen LogP contribution is -2.42. The van der Waals surface area contributed by atoms with E-state index in [2.05, 4.69) is 10.6 Å². The van der Waals surface area contributed by atoms with Gasteiger partial charge in [-0.3, -0.25) is 0 Å². The van der Waals surface area contributed by atoms with Crippen LogP contribution in [0.1, 0.15) is 18.9 Å². The van der Waals surface area contributed by atoms with E-state index in [1.165, 1.54) is 6.07 Å². The normalized spacial score (nSPS) is 11.2. The Morgan fingerprint density at radius 2 is 2.21 bits per heavy atom. The van der Waals surface area contributed by atoms with E-state index in [4.69, 9.17) is 10.4 Å². The lowest BCUT2D eigenvalue weighted by atomic mass is 10.2. The molecule has 1 atom stereocenters. The molecule has 0 fully saturated rings. The van der Waals surface area contributed by atoms with E-state index in [9.17, 15) is 14.0 Å². The molecule has 1 rings (SSSR count). The Bertz CT molecular complexity index is 540. The van der Waals surface area contributed by atoms with Crippen molar-refractivity contribution in [2.75, 3.05) is 5.32 Å². The number of benzene rings is 1. The zero-order valence-electron chi connectivity index (χ0n) is 10.1. The fourth-order valence-electron chi connectivity index (χ4n) is 1.35. The number of anilines is 1. The molecule has 7 heteroatoms. The number of urea groups is 1. The van der Waals surface area contributed by atoms with Gasteiger partial charge in [-0.25, -0.2) is 14.0 Å². The molecule has 0 saturated heterocycles. The van der Waals surface area contributed by atoms with Crippen LogP contribution in [-0.2, 0) is 4.79 Å². The molecule has 0 aromatic heterocycles. The van der Waals surface area contributed by atoms with E-state index in [1.54, 1.807) is 13.0 Å². The number of nitrogens with one attached hydrogen (secondary N) is 2. The summed E-state index contributed by atoms with van der Waals surface area (Å²) in [4.78, 5) is 22.2. The molecule has 6 nitrogen and oxygen atoms in total. The predicted octanol–water partition coefficient (Wildman–Crippen LogP) is 1.68. The average molecular weight is 265 g/mol. The maximum absolute atomic E-state index is 13.0. The summed E-state index contributed by atoms with van der Waals surface area (Å²) in [7, 11) is 0. The number of carbonyl (C=O) groups is 2. The van der Waals surface area contributed by atoms with E-state index in [1.807, 2.05) is 0 Å². The van der Waals surface area contributed by atoms with E-state index < -0.39 is 23.9 Å². The molecule has 19 heavy (non-hydrogen) atoms. The first kappa shape index (κ1) is 14.4. The molecule has 100 valence electrons. The Balaban J connectivity index is 2.72. The van der Waals surface area contributed by atoms with Crippen molar-refractivity contribution in [1.29, 1.82) is 5.26 Å². The molecule has 0 bridgehead atoms. The van der Waals surface area contributed by atoms with Crippen molar-refractivity contribution in [2.24, 2.45) is 0 Å². The van der Waals surface area contributed by atoms with Crippen molar-refractivity contribution < 1.29 is 19.1 Å². The van der Waals surface area contributed by atoms with Gasteiger partial charge in [-0.15, -0.1) is 0 Å². The number of carboxylic acids is 1. The van der Waals surface area contributed by atoms with E-state index in [-0.39, 0.29) is 17.7 Å². The largest absolute Gasteiger partial charge is 0.480 e.